The summed E-state index contributed by atoms with van der Waals surface area (Å²) in [6.45, 7) is 5.66. The highest BCUT2D eigenvalue weighted by atomic mass is 16.2. The van der Waals surface area contributed by atoms with Crippen LogP contribution in [-0.4, -0.2) is 24.4 Å². The van der Waals surface area contributed by atoms with E-state index in [9.17, 15) is 4.79 Å². The molecule has 2 aromatic heterocycles. The monoisotopic (exact) mass is 191 g/mol. The molecular formula is C8H9N5O. The predicted molar refractivity (Wildman–Crippen MR) is 50.0 cm³/mol. The first-order chi connectivity index (χ1) is 6.74. The minimum atomic E-state index is -0.254. The zero-order chi connectivity index (χ0) is 10.1. The van der Waals surface area contributed by atoms with Crippen molar-refractivity contribution in [3.05, 3.63) is 35.2 Å². The van der Waals surface area contributed by atoms with Crippen molar-refractivity contribution in [3.8, 4) is 0 Å². The first kappa shape index (κ1) is 8.61. The second-order valence-corrected chi connectivity index (χ2v) is 2.87. The van der Waals surface area contributed by atoms with Crippen LogP contribution >= 0.6 is 0 Å². The number of hydrogen-bond acceptors (Lipinski definition) is 4. The summed E-state index contributed by atoms with van der Waals surface area (Å²) >= 11 is 0. The van der Waals surface area contributed by atoms with E-state index in [0.717, 1.165) is 0 Å². The Balaban J connectivity index is 2.76. The fourth-order valence-electron chi connectivity index (χ4n) is 1.19. The van der Waals surface area contributed by atoms with Gasteiger partial charge in [-0.2, -0.15) is 4.68 Å². The van der Waals surface area contributed by atoms with Crippen molar-refractivity contribution in [2.24, 2.45) is 0 Å². The number of aryl methyl sites for hydroxylation is 1. The summed E-state index contributed by atoms with van der Waals surface area (Å²) in [7, 11) is 0. The summed E-state index contributed by atoms with van der Waals surface area (Å²) < 4.78 is 2.59. The van der Waals surface area contributed by atoms with Crippen molar-refractivity contribution in [1.82, 2.24) is 24.4 Å². The molecule has 0 aliphatic carbocycles. The van der Waals surface area contributed by atoms with E-state index >= 15 is 0 Å². The molecule has 0 unspecified atom stereocenters. The smallest absolute Gasteiger partial charge is 0.245 e. The van der Waals surface area contributed by atoms with Gasteiger partial charge in [0.2, 0.25) is 0 Å². The van der Waals surface area contributed by atoms with Crippen LogP contribution in [0.4, 0.5) is 0 Å². The summed E-state index contributed by atoms with van der Waals surface area (Å²) in [4.78, 5) is 15.6. The van der Waals surface area contributed by atoms with Gasteiger partial charge in [-0.05, 0) is 6.92 Å². The highest BCUT2D eigenvalue weighted by molar-refractivity contribution is 5.40. The van der Waals surface area contributed by atoms with E-state index in [1.807, 2.05) is 0 Å². The van der Waals surface area contributed by atoms with Crippen LogP contribution in [-0.2, 0) is 6.54 Å². The molecule has 0 amide bonds. The summed E-state index contributed by atoms with van der Waals surface area (Å²) in [6.07, 6.45) is 3.03. The molecule has 0 aliphatic rings. The van der Waals surface area contributed by atoms with E-state index in [1.54, 1.807) is 13.0 Å². The van der Waals surface area contributed by atoms with E-state index in [1.165, 1.54) is 15.4 Å². The van der Waals surface area contributed by atoms with Crippen LogP contribution < -0.4 is 5.69 Å². The number of rotatable bonds is 2. The molecule has 0 saturated heterocycles. The Labute approximate surface area is 79.5 Å². The van der Waals surface area contributed by atoms with Gasteiger partial charge in [-0.3, -0.25) is 0 Å². The lowest BCUT2D eigenvalue weighted by molar-refractivity contribution is 0.569. The molecule has 0 atom stereocenters. The lowest BCUT2D eigenvalue weighted by Crippen LogP contribution is -2.29. The second-order valence-electron chi connectivity index (χ2n) is 2.87. The Morgan fingerprint density at radius 3 is 3.14 bits per heavy atom. The SMILES string of the molecule is C=CCn1nnc2c(C)ncn2c1=O. The standard InChI is InChI=1S/C8H9N5O/c1-3-4-13-8(14)12-5-9-6(2)7(12)10-11-13/h3,5H,1,4H2,2H3. The van der Waals surface area contributed by atoms with Gasteiger partial charge in [0, 0.05) is 0 Å². The van der Waals surface area contributed by atoms with Gasteiger partial charge in [0.15, 0.2) is 5.65 Å². The van der Waals surface area contributed by atoms with Crippen LogP contribution in [0.5, 0.6) is 0 Å². The first-order valence-electron chi connectivity index (χ1n) is 4.12. The van der Waals surface area contributed by atoms with Crippen LogP contribution in [0.2, 0.25) is 0 Å². The quantitative estimate of drug-likeness (QED) is 0.615. The highest BCUT2D eigenvalue weighted by Gasteiger charge is 2.06. The van der Waals surface area contributed by atoms with E-state index in [4.69, 9.17) is 0 Å². The molecule has 2 rings (SSSR count). The number of imidazole rings is 1. The summed E-state index contributed by atoms with van der Waals surface area (Å²) in [5.74, 6) is 0. The molecule has 72 valence electrons. The van der Waals surface area contributed by atoms with Crippen molar-refractivity contribution < 1.29 is 0 Å². The number of allylic oxidation sites excluding steroid dienone is 1. The molecule has 0 radical (unpaired) electrons. The number of hydrogen-bond donors (Lipinski definition) is 0. The van der Waals surface area contributed by atoms with Crippen molar-refractivity contribution in [2.75, 3.05) is 0 Å². The molecule has 0 aromatic carbocycles. The Bertz CT molecular complexity index is 538. The zero-order valence-electron chi connectivity index (χ0n) is 7.71. The molecule has 0 aliphatic heterocycles. The first-order valence-corrected chi connectivity index (χ1v) is 4.12. The van der Waals surface area contributed by atoms with E-state index < -0.39 is 0 Å². The number of fused-ring (bicyclic) bond motifs is 1. The van der Waals surface area contributed by atoms with Crippen molar-refractivity contribution >= 4 is 5.65 Å². The van der Waals surface area contributed by atoms with Crippen LogP contribution in [0.25, 0.3) is 5.65 Å². The molecule has 0 fully saturated rings. The van der Waals surface area contributed by atoms with Gasteiger partial charge < -0.3 is 0 Å². The maximum atomic E-state index is 11.7. The van der Waals surface area contributed by atoms with Crippen LogP contribution in [0.1, 0.15) is 5.69 Å². The number of aromatic nitrogens is 5. The van der Waals surface area contributed by atoms with Gasteiger partial charge >= 0.3 is 5.69 Å². The molecular weight excluding hydrogens is 182 g/mol. The minimum Gasteiger partial charge on any atom is -0.245 e. The van der Waals surface area contributed by atoms with E-state index in [-0.39, 0.29) is 5.69 Å². The summed E-state index contributed by atoms with van der Waals surface area (Å²) in [5.41, 5.74) is 0.936. The van der Waals surface area contributed by atoms with Crippen LogP contribution in [0.3, 0.4) is 0 Å². The third-order valence-electron chi connectivity index (χ3n) is 1.89. The lowest BCUT2D eigenvalue weighted by Gasteiger charge is -1.98. The largest absolute Gasteiger partial charge is 0.353 e. The highest BCUT2D eigenvalue weighted by Crippen LogP contribution is 1.98. The third kappa shape index (κ3) is 1.12. The van der Waals surface area contributed by atoms with Crippen molar-refractivity contribution in [1.29, 1.82) is 0 Å². The van der Waals surface area contributed by atoms with Gasteiger partial charge in [-0.15, -0.1) is 11.7 Å². The van der Waals surface area contributed by atoms with Crippen molar-refractivity contribution in [2.45, 2.75) is 13.5 Å². The summed E-state index contributed by atoms with van der Waals surface area (Å²) in [5, 5.41) is 7.64. The topological polar surface area (TPSA) is 65.1 Å². The molecule has 0 N–H and O–H groups in total. The third-order valence-corrected chi connectivity index (χ3v) is 1.89. The zero-order valence-corrected chi connectivity index (χ0v) is 7.71. The molecule has 6 heteroatoms. The average molecular weight is 191 g/mol. The van der Waals surface area contributed by atoms with Gasteiger partial charge in [0.25, 0.3) is 0 Å². The van der Waals surface area contributed by atoms with Gasteiger partial charge in [0.1, 0.15) is 6.33 Å². The molecule has 14 heavy (non-hydrogen) atoms. The van der Waals surface area contributed by atoms with E-state index in [0.29, 0.717) is 17.9 Å². The van der Waals surface area contributed by atoms with Gasteiger partial charge in [-0.1, -0.05) is 11.3 Å². The van der Waals surface area contributed by atoms with Crippen molar-refractivity contribution in [3.63, 3.8) is 0 Å². The Morgan fingerprint density at radius 1 is 1.64 bits per heavy atom. The van der Waals surface area contributed by atoms with Gasteiger partial charge in [0.05, 0.1) is 12.2 Å². The lowest BCUT2D eigenvalue weighted by atomic mass is 10.5. The van der Waals surface area contributed by atoms with Gasteiger partial charge in [-0.25, -0.2) is 14.2 Å². The fraction of sp³-hybridized carbons (Fsp3) is 0.250. The maximum absolute atomic E-state index is 11.7. The predicted octanol–water partition coefficient (Wildman–Crippen LogP) is -0.220. The molecule has 2 aromatic rings. The molecule has 0 saturated carbocycles. The van der Waals surface area contributed by atoms with Crippen LogP contribution in [0, 0.1) is 6.92 Å². The summed E-state index contributed by atoms with van der Waals surface area (Å²) in [6, 6.07) is 0. The Morgan fingerprint density at radius 2 is 2.43 bits per heavy atom. The fourth-order valence-corrected chi connectivity index (χ4v) is 1.19. The number of nitrogens with zero attached hydrogens (tertiary/aromatic N) is 5. The Kier molecular flexibility index (Phi) is 1.88. The Hall–Kier alpha value is -1.98. The minimum absolute atomic E-state index is 0.254. The van der Waals surface area contributed by atoms with Crippen LogP contribution in [0.15, 0.2) is 23.8 Å². The molecule has 2 heterocycles. The second kappa shape index (κ2) is 3.06. The molecule has 6 nitrogen and oxygen atoms in total. The molecule has 0 bridgehead atoms. The maximum Gasteiger partial charge on any atom is 0.353 e. The average Bonchev–Trinajstić information content (AvgIpc) is 2.54. The molecule has 0 spiro atoms. The normalized spacial score (nSPS) is 10.6. The van der Waals surface area contributed by atoms with E-state index in [2.05, 4.69) is 21.9 Å².